The molecule has 0 aliphatic carbocycles. The molecule has 46 heavy (non-hydrogen) atoms. The lowest BCUT2D eigenvalue weighted by Gasteiger charge is -2.36. The molecule has 0 amide bonds. The van der Waals surface area contributed by atoms with Crippen LogP contribution in [-0.2, 0) is 41.7 Å². The summed E-state index contributed by atoms with van der Waals surface area (Å²) in [5, 5.41) is 11.9. The highest BCUT2D eigenvalue weighted by Gasteiger charge is 2.58. The Balaban J connectivity index is 1.43. The molecule has 2 heterocycles. The first-order valence-electron chi connectivity index (χ1n) is 15.0. The van der Waals surface area contributed by atoms with E-state index in [9.17, 15) is 23.1 Å². The number of aliphatic hydroxyl groups is 1. The summed E-state index contributed by atoms with van der Waals surface area (Å²) < 4.78 is 51.1. The van der Waals surface area contributed by atoms with Gasteiger partial charge in [-0.2, -0.15) is 8.42 Å². The van der Waals surface area contributed by atoms with Crippen LogP contribution in [0.1, 0.15) is 41.3 Å². The molecule has 0 bridgehead atoms. The van der Waals surface area contributed by atoms with E-state index in [4.69, 9.17) is 18.4 Å². The van der Waals surface area contributed by atoms with Crippen LogP contribution in [0.4, 0.5) is 0 Å². The van der Waals surface area contributed by atoms with Gasteiger partial charge < -0.3 is 19.3 Å². The Labute approximate surface area is 267 Å². The lowest BCUT2D eigenvalue weighted by molar-refractivity contribution is -0.156. The van der Waals surface area contributed by atoms with Crippen LogP contribution in [-0.4, -0.2) is 54.1 Å². The van der Waals surface area contributed by atoms with Crippen molar-refractivity contribution in [2.24, 2.45) is 0 Å². The van der Waals surface area contributed by atoms with E-state index < -0.39 is 45.4 Å². The Kier molecular flexibility index (Phi) is 10.7. The van der Waals surface area contributed by atoms with Gasteiger partial charge in [0.2, 0.25) is 0 Å². The molecule has 0 saturated carbocycles. The second kappa shape index (κ2) is 14.7. The summed E-state index contributed by atoms with van der Waals surface area (Å²) in [5.74, 6) is 0. The maximum absolute atomic E-state index is 12.9. The molecule has 0 radical (unpaired) electrons. The minimum atomic E-state index is -4.03. The Hall–Kier alpha value is -3.91. The van der Waals surface area contributed by atoms with Crippen molar-refractivity contribution in [3.05, 3.63) is 134 Å². The third-order valence-corrected chi connectivity index (χ3v) is 9.36. The first kappa shape index (κ1) is 33.5. The summed E-state index contributed by atoms with van der Waals surface area (Å²) in [7, 11) is -4.03. The number of hydrogen-bond acceptors (Lipinski definition) is 9. The van der Waals surface area contributed by atoms with E-state index in [2.05, 4.69) is 4.98 Å². The van der Waals surface area contributed by atoms with Crippen molar-refractivity contribution in [3.8, 4) is 0 Å². The molecule has 4 aromatic rings. The van der Waals surface area contributed by atoms with Gasteiger partial charge in [0.1, 0.15) is 17.8 Å². The number of benzene rings is 3. The van der Waals surface area contributed by atoms with E-state index in [0.717, 1.165) is 21.3 Å². The standard InChI is InChI=1S/C34H38N2O9S/c1-24-14-16-28(17-15-24)46(40,41)44-19-9-18-34(43-22-27-12-7-4-8-13-27)29(23-42-21-26-10-5-3-6-11-26)45-32(30(34)37)36-20-25(2)31(38)35-33(36)39/h3-8,10-17,20,29-30,32,37H,9,18-19,21-23H2,1-2H3,(H,35,38,39)/t29-,30-,32-,34-/m1/s1. The largest absolute Gasteiger partial charge is 0.385 e. The number of ether oxygens (including phenoxy) is 3. The molecule has 1 fully saturated rings. The third-order valence-electron chi connectivity index (χ3n) is 8.03. The van der Waals surface area contributed by atoms with Gasteiger partial charge in [0, 0.05) is 11.8 Å². The Morgan fingerprint density at radius 3 is 2.20 bits per heavy atom. The number of aliphatic hydroxyl groups excluding tert-OH is 1. The summed E-state index contributed by atoms with van der Waals surface area (Å²) >= 11 is 0. The van der Waals surface area contributed by atoms with E-state index in [1.54, 1.807) is 19.1 Å². The predicted molar refractivity (Wildman–Crippen MR) is 170 cm³/mol. The predicted octanol–water partition coefficient (Wildman–Crippen LogP) is 3.77. The van der Waals surface area contributed by atoms with Crippen molar-refractivity contribution >= 4 is 10.1 Å². The number of hydrogen-bond donors (Lipinski definition) is 2. The average Bonchev–Trinajstić information content (AvgIpc) is 3.32. The number of nitrogens with zero attached hydrogens (tertiary/aromatic N) is 1. The summed E-state index contributed by atoms with van der Waals surface area (Å²) in [6.45, 7) is 3.53. The van der Waals surface area contributed by atoms with Crippen LogP contribution in [0.3, 0.4) is 0 Å². The highest BCUT2D eigenvalue weighted by Crippen LogP contribution is 2.43. The van der Waals surface area contributed by atoms with Crippen LogP contribution in [0, 0.1) is 13.8 Å². The van der Waals surface area contributed by atoms with Crippen LogP contribution < -0.4 is 11.2 Å². The van der Waals surface area contributed by atoms with E-state index in [-0.39, 0.29) is 49.7 Å². The van der Waals surface area contributed by atoms with Gasteiger partial charge >= 0.3 is 5.69 Å². The summed E-state index contributed by atoms with van der Waals surface area (Å²) in [6.07, 6.45) is -1.96. The maximum atomic E-state index is 12.9. The molecule has 1 saturated heterocycles. The molecule has 0 unspecified atom stereocenters. The molecule has 4 atom stereocenters. The van der Waals surface area contributed by atoms with E-state index in [0.29, 0.717) is 0 Å². The van der Waals surface area contributed by atoms with Gasteiger partial charge in [-0.1, -0.05) is 78.4 Å². The van der Waals surface area contributed by atoms with Gasteiger partial charge in [-0.25, -0.2) is 4.79 Å². The van der Waals surface area contributed by atoms with Gasteiger partial charge in [-0.3, -0.25) is 18.5 Å². The Morgan fingerprint density at radius 2 is 1.54 bits per heavy atom. The van der Waals surface area contributed by atoms with Crippen molar-refractivity contribution in [1.82, 2.24) is 9.55 Å². The fourth-order valence-electron chi connectivity index (χ4n) is 5.46. The van der Waals surface area contributed by atoms with E-state index in [1.807, 2.05) is 67.6 Å². The quantitative estimate of drug-likeness (QED) is 0.154. The Morgan fingerprint density at radius 1 is 0.913 bits per heavy atom. The van der Waals surface area contributed by atoms with Crippen molar-refractivity contribution < 1.29 is 31.9 Å². The molecule has 11 nitrogen and oxygen atoms in total. The molecular formula is C34H38N2O9S. The maximum Gasteiger partial charge on any atom is 0.330 e. The number of H-pyrrole nitrogens is 1. The molecule has 1 aliphatic heterocycles. The number of aryl methyl sites for hydroxylation is 2. The van der Waals surface area contributed by atoms with Crippen LogP contribution >= 0.6 is 0 Å². The van der Waals surface area contributed by atoms with Gasteiger partial charge in [-0.05, 0) is 49.9 Å². The molecule has 1 aliphatic rings. The van der Waals surface area contributed by atoms with Gasteiger partial charge in [0.15, 0.2) is 6.23 Å². The fourth-order valence-corrected chi connectivity index (χ4v) is 6.41. The summed E-state index contributed by atoms with van der Waals surface area (Å²) in [6, 6.07) is 25.2. The monoisotopic (exact) mass is 650 g/mol. The second-order valence-corrected chi connectivity index (χ2v) is 13.0. The highest BCUT2D eigenvalue weighted by molar-refractivity contribution is 7.86. The van der Waals surface area contributed by atoms with Gasteiger partial charge in [0.25, 0.3) is 15.7 Å². The van der Waals surface area contributed by atoms with Crippen LogP contribution in [0.5, 0.6) is 0 Å². The second-order valence-electron chi connectivity index (χ2n) is 11.4. The molecular weight excluding hydrogens is 612 g/mol. The fraction of sp³-hybridized carbons (Fsp3) is 0.353. The third kappa shape index (κ3) is 7.72. The Bertz CT molecular complexity index is 1810. The van der Waals surface area contributed by atoms with Gasteiger partial charge in [-0.15, -0.1) is 0 Å². The van der Waals surface area contributed by atoms with Crippen molar-refractivity contribution in [3.63, 3.8) is 0 Å². The number of aromatic amines is 1. The topological polar surface area (TPSA) is 146 Å². The van der Waals surface area contributed by atoms with Crippen LogP contribution in [0.2, 0.25) is 0 Å². The number of nitrogens with one attached hydrogen (secondary N) is 1. The zero-order chi connectivity index (χ0) is 32.7. The van der Waals surface area contributed by atoms with Crippen molar-refractivity contribution in [2.45, 2.75) is 68.8 Å². The first-order chi connectivity index (χ1) is 22.1. The molecule has 5 rings (SSSR count). The lowest BCUT2D eigenvalue weighted by Crippen LogP contribution is -2.52. The zero-order valence-electron chi connectivity index (χ0n) is 25.7. The van der Waals surface area contributed by atoms with Gasteiger partial charge in [0.05, 0.1) is 31.3 Å². The first-order valence-corrected chi connectivity index (χ1v) is 16.4. The molecule has 1 aromatic heterocycles. The van der Waals surface area contributed by atoms with E-state index >= 15 is 0 Å². The average molecular weight is 651 g/mol. The van der Waals surface area contributed by atoms with Crippen molar-refractivity contribution in [1.29, 1.82) is 0 Å². The summed E-state index contributed by atoms with van der Waals surface area (Å²) in [4.78, 5) is 27.3. The highest BCUT2D eigenvalue weighted by atomic mass is 32.2. The smallest absolute Gasteiger partial charge is 0.330 e. The number of rotatable bonds is 14. The van der Waals surface area contributed by atoms with Crippen LogP contribution in [0.25, 0.3) is 0 Å². The number of aromatic nitrogens is 2. The minimum Gasteiger partial charge on any atom is -0.385 e. The zero-order valence-corrected chi connectivity index (χ0v) is 26.5. The molecule has 12 heteroatoms. The molecule has 3 aromatic carbocycles. The van der Waals surface area contributed by atoms with E-state index in [1.165, 1.54) is 18.3 Å². The van der Waals surface area contributed by atoms with Crippen molar-refractivity contribution in [2.75, 3.05) is 13.2 Å². The minimum absolute atomic E-state index is 0.0170. The summed E-state index contributed by atoms with van der Waals surface area (Å²) in [5.41, 5.74) is 0.165. The molecule has 0 spiro atoms. The van der Waals surface area contributed by atoms with Crippen LogP contribution in [0.15, 0.2) is 106 Å². The molecule has 244 valence electrons. The lowest BCUT2D eigenvalue weighted by atomic mass is 9.86. The normalized spacial score (nSPS) is 21.4. The SMILES string of the molecule is Cc1ccc(S(=O)(=O)OCCC[C@]2(OCc3ccccc3)[C@H](O)[C@H](n3cc(C)c(=O)[nH]c3=O)O[C@@H]2COCc2ccccc2)cc1. The molecule has 2 N–H and O–H groups in total.